The summed E-state index contributed by atoms with van der Waals surface area (Å²) in [5.74, 6) is 1.16. The molecule has 0 saturated carbocycles. The minimum atomic E-state index is -0.0713. The van der Waals surface area contributed by atoms with Crippen molar-refractivity contribution >= 4 is 29.1 Å². The molecule has 1 N–H and O–H groups in total. The Labute approximate surface area is 253 Å². The summed E-state index contributed by atoms with van der Waals surface area (Å²) in [6, 6.07) is 20.0. The lowest BCUT2D eigenvalue weighted by molar-refractivity contribution is 0.0778. The van der Waals surface area contributed by atoms with Crippen molar-refractivity contribution in [3.8, 4) is 11.5 Å². The number of fused-ring (bicyclic) bond motifs is 2. The van der Waals surface area contributed by atoms with Gasteiger partial charge < -0.3 is 24.6 Å². The van der Waals surface area contributed by atoms with Crippen LogP contribution in [0.4, 0.5) is 0 Å². The summed E-state index contributed by atoms with van der Waals surface area (Å²) < 4.78 is 10.8. The van der Waals surface area contributed by atoms with Crippen molar-refractivity contribution in [3.63, 3.8) is 0 Å². The van der Waals surface area contributed by atoms with Crippen molar-refractivity contribution < 1.29 is 14.3 Å². The van der Waals surface area contributed by atoms with Crippen LogP contribution in [-0.4, -0.2) is 69.7 Å². The number of amides is 1. The van der Waals surface area contributed by atoms with E-state index in [1.165, 1.54) is 11.1 Å². The van der Waals surface area contributed by atoms with E-state index in [0.29, 0.717) is 33.7 Å². The van der Waals surface area contributed by atoms with Crippen LogP contribution in [0.3, 0.4) is 0 Å². The summed E-state index contributed by atoms with van der Waals surface area (Å²) in [6.07, 6.45) is 4.19. The SMILES string of the molecule is COc1ccc(C(=O)N(C)CC(CCN2CCC3(CC2)NCCc2ccccc23)c2ccc(Cl)c(Cl)c2)cc1OC. The van der Waals surface area contributed by atoms with Gasteiger partial charge in [-0.2, -0.15) is 0 Å². The van der Waals surface area contributed by atoms with Gasteiger partial charge in [0.1, 0.15) is 0 Å². The predicted molar refractivity (Wildman–Crippen MR) is 166 cm³/mol. The normalized spacial score (nSPS) is 17.1. The van der Waals surface area contributed by atoms with Gasteiger partial charge in [0.2, 0.25) is 0 Å². The first kappa shape index (κ1) is 29.7. The summed E-state index contributed by atoms with van der Waals surface area (Å²) in [4.78, 5) is 17.8. The molecule has 3 aromatic carbocycles. The van der Waals surface area contributed by atoms with Crippen molar-refractivity contribution in [2.45, 2.75) is 37.1 Å². The van der Waals surface area contributed by atoms with Crippen LogP contribution >= 0.6 is 23.2 Å². The third kappa shape index (κ3) is 6.51. The van der Waals surface area contributed by atoms with E-state index in [-0.39, 0.29) is 17.4 Å². The lowest BCUT2D eigenvalue weighted by Gasteiger charge is -2.46. The number of piperidine rings is 1. The Morgan fingerprint density at radius 2 is 1.76 bits per heavy atom. The molecule has 2 aliphatic heterocycles. The average molecular weight is 597 g/mol. The minimum absolute atomic E-state index is 0.0713. The molecule has 2 aliphatic rings. The largest absolute Gasteiger partial charge is 0.493 e. The van der Waals surface area contributed by atoms with Gasteiger partial charge in [-0.1, -0.05) is 53.5 Å². The van der Waals surface area contributed by atoms with Crippen LogP contribution in [0.2, 0.25) is 10.0 Å². The van der Waals surface area contributed by atoms with Crippen molar-refractivity contribution in [2.24, 2.45) is 0 Å². The number of rotatable bonds is 9. The maximum atomic E-state index is 13.4. The van der Waals surface area contributed by atoms with Gasteiger partial charge in [-0.15, -0.1) is 0 Å². The Kier molecular flexibility index (Phi) is 9.45. The van der Waals surface area contributed by atoms with Crippen LogP contribution in [0.15, 0.2) is 60.7 Å². The number of benzene rings is 3. The Hall–Kier alpha value is -2.77. The standard InChI is InChI=1S/C33H39Cl2N3O3/c1-37(32(39)25-9-11-30(40-2)31(21-25)41-3)22-26(24-8-10-28(34)29(35)20-24)13-17-38-18-14-33(15-19-38)27-7-5-4-6-23(27)12-16-36-33/h4-11,20-21,26,36H,12-19,22H2,1-3H3. The number of halogens is 2. The maximum Gasteiger partial charge on any atom is 0.253 e. The molecular formula is C33H39Cl2N3O3. The summed E-state index contributed by atoms with van der Waals surface area (Å²) in [6.45, 7) is 4.61. The summed E-state index contributed by atoms with van der Waals surface area (Å²) in [7, 11) is 5.00. The van der Waals surface area contributed by atoms with Crippen molar-refractivity contribution in [1.29, 1.82) is 0 Å². The Bertz CT molecular complexity index is 1370. The monoisotopic (exact) mass is 595 g/mol. The molecule has 41 heavy (non-hydrogen) atoms. The zero-order valence-corrected chi connectivity index (χ0v) is 25.6. The highest BCUT2D eigenvalue weighted by atomic mass is 35.5. The number of likely N-dealkylation sites (tertiary alicyclic amines) is 1. The summed E-state index contributed by atoms with van der Waals surface area (Å²) in [5.41, 5.74) is 4.69. The minimum Gasteiger partial charge on any atom is -0.493 e. The second-order valence-corrected chi connectivity index (χ2v) is 12.0. The van der Waals surface area contributed by atoms with Crippen LogP contribution in [0.1, 0.15) is 52.2 Å². The van der Waals surface area contributed by atoms with Crippen molar-refractivity contribution in [1.82, 2.24) is 15.1 Å². The van der Waals surface area contributed by atoms with Crippen LogP contribution in [0, 0.1) is 0 Å². The predicted octanol–water partition coefficient (Wildman–Crippen LogP) is 6.39. The quantitative estimate of drug-likeness (QED) is 0.310. The van der Waals surface area contributed by atoms with Gasteiger partial charge in [-0.3, -0.25) is 4.79 Å². The number of ether oxygens (including phenoxy) is 2. The van der Waals surface area contributed by atoms with Gasteiger partial charge in [0.05, 0.1) is 24.3 Å². The number of nitrogens with one attached hydrogen (secondary N) is 1. The highest BCUT2D eigenvalue weighted by molar-refractivity contribution is 6.42. The Morgan fingerprint density at radius 3 is 2.49 bits per heavy atom. The molecule has 2 heterocycles. The zero-order chi connectivity index (χ0) is 29.0. The molecule has 218 valence electrons. The number of carbonyl (C=O) groups is 1. The highest BCUT2D eigenvalue weighted by Crippen LogP contribution is 2.38. The topological polar surface area (TPSA) is 54.0 Å². The molecule has 1 spiro atoms. The number of hydrogen-bond acceptors (Lipinski definition) is 5. The van der Waals surface area contributed by atoms with E-state index in [0.717, 1.165) is 57.4 Å². The van der Waals surface area contributed by atoms with Crippen molar-refractivity contribution in [2.75, 3.05) is 54.0 Å². The lowest BCUT2D eigenvalue weighted by Crippen LogP contribution is -2.54. The maximum absolute atomic E-state index is 13.4. The van der Waals surface area contributed by atoms with Gasteiger partial charge in [0.15, 0.2) is 11.5 Å². The first-order valence-corrected chi connectivity index (χ1v) is 15.1. The molecule has 6 nitrogen and oxygen atoms in total. The Morgan fingerprint density at radius 1 is 1.00 bits per heavy atom. The van der Waals surface area contributed by atoms with E-state index in [1.807, 2.05) is 25.2 Å². The van der Waals surface area contributed by atoms with E-state index in [4.69, 9.17) is 32.7 Å². The van der Waals surface area contributed by atoms with E-state index in [2.05, 4.69) is 34.5 Å². The van der Waals surface area contributed by atoms with Crippen LogP contribution < -0.4 is 14.8 Å². The molecule has 1 unspecified atom stereocenters. The third-order valence-electron chi connectivity index (χ3n) is 8.78. The highest BCUT2D eigenvalue weighted by Gasteiger charge is 2.39. The van der Waals surface area contributed by atoms with Gasteiger partial charge in [-0.25, -0.2) is 0 Å². The molecular weight excluding hydrogens is 557 g/mol. The fraction of sp³-hybridized carbons (Fsp3) is 0.424. The first-order valence-electron chi connectivity index (χ1n) is 14.3. The van der Waals surface area contributed by atoms with E-state index in [1.54, 1.807) is 37.3 Å². The fourth-order valence-corrected chi connectivity index (χ4v) is 6.72. The number of nitrogens with zero attached hydrogens (tertiary/aromatic N) is 2. The molecule has 1 atom stereocenters. The molecule has 0 aliphatic carbocycles. The molecule has 8 heteroatoms. The summed E-state index contributed by atoms with van der Waals surface area (Å²) in [5, 5.41) is 4.93. The second-order valence-electron chi connectivity index (χ2n) is 11.2. The Balaban J connectivity index is 1.27. The molecule has 0 aromatic heterocycles. The molecule has 1 fully saturated rings. The second kappa shape index (κ2) is 13.0. The number of likely N-dealkylation sites (N-methyl/N-ethyl adjacent to an activating group) is 1. The van der Waals surface area contributed by atoms with Gasteiger partial charge >= 0.3 is 0 Å². The molecule has 1 amide bonds. The molecule has 0 bridgehead atoms. The fourth-order valence-electron chi connectivity index (χ4n) is 6.41. The average Bonchev–Trinajstić information content (AvgIpc) is 3.01. The number of methoxy groups -OCH3 is 2. The van der Waals surface area contributed by atoms with E-state index >= 15 is 0 Å². The first-order chi connectivity index (χ1) is 19.8. The van der Waals surface area contributed by atoms with Crippen LogP contribution in [0.25, 0.3) is 0 Å². The summed E-state index contributed by atoms with van der Waals surface area (Å²) >= 11 is 12.7. The zero-order valence-electron chi connectivity index (χ0n) is 24.1. The third-order valence-corrected chi connectivity index (χ3v) is 9.52. The smallest absolute Gasteiger partial charge is 0.253 e. The van der Waals surface area contributed by atoms with E-state index in [9.17, 15) is 4.79 Å². The number of carbonyl (C=O) groups excluding carboxylic acids is 1. The van der Waals surface area contributed by atoms with Gasteiger partial charge in [0, 0.05) is 50.2 Å². The van der Waals surface area contributed by atoms with Gasteiger partial charge in [-0.05, 0) is 79.3 Å². The van der Waals surface area contributed by atoms with Crippen LogP contribution in [-0.2, 0) is 12.0 Å². The molecule has 3 aromatic rings. The van der Waals surface area contributed by atoms with Crippen LogP contribution in [0.5, 0.6) is 11.5 Å². The molecule has 1 saturated heterocycles. The van der Waals surface area contributed by atoms with Gasteiger partial charge in [0.25, 0.3) is 5.91 Å². The number of hydrogen-bond donors (Lipinski definition) is 1. The van der Waals surface area contributed by atoms with E-state index < -0.39 is 0 Å². The molecule has 5 rings (SSSR count). The molecule has 0 radical (unpaired) electrons. The lowest BCUT2D eigenvalue weighted by atomic mass is 9.76. The van der Waals surface area contributed by atoms with Crippen molar-refractivity contribution in [3.05, 3.63) is 93.0 Å².